The molecule has 1 saturated heterocycles. The second-order valence-corrected chi connectivity index (χ2v) is 7.48. The predicted octanol–water partition coefficient (Wildman–Crippen LogP) is 3.67. The van der Waals surface area contributed by atoms with Crippen LogP contribution in [0.25, 0.3) is 11.0 Å². The standard InChI is InChI=1S/C20H26N2O5/c1-5-25-18(23)15-13-26-17-14(15)7-6-8-16(17)21-9-11-22(12-10-21)19(24)27-20(2,3)4/h6-8,13H,5,9-12H2,1-4H3. The monoisotopic (exact) mass is 374 g/mol. The first-order valence-corrected chi connectivity index (χ1v) is 9.20. The Kier molecular flexibility index (Phi) is 5.30. The van der Waals surface area contributed by atoms with Crippen molar-refractivity contribution in [2.75, 3.05) is 37.7 Å². The topological polar surface area (TPSA) is 72.2 Å². The molecule has 1 aromatic heterocycles. The SMILES string of the molecule is CCOC(=O)c1coc2c(N3CCN(C(=O)OC(C)(C)C)CC3)cccc12. The average molecular weight is 374 g/mol. The Hall–Kier alpha value is -2.70. The molecule has 1 aromatic carbocycles. The van der Waals surface area contributed by atoms with Crippen molar-refractivity contribution in [3.63, 3.8) is 0 Å². The molecule has 7 heteroatoms. The zero-order valence-corrected chi connectivity index (χ0v) is 16.3. The molecular formula is C20H26N2O5. The van der Waals surface area contributed by atoms with Gasteiger partial charge in [-0.3, -0.25) is 0 Å². The van der Waals surface area contributed by atoms with Crippen molar-refractivity contribution in [3.8, 4) is 0 Å². The maximum absolute atomic E-state index is 12.2. The number of ether oxygens (including phenoxy) is 2. The second kappa shape index (κ2) is 7.50. The van der Waals surface area contributed by atoms with Crippen molar-refractivity contribution >= 4 is 28.7 Å². The van der Waals surface area contributed by atoms with Crippen molar-refractivity contribution in [3.05, 3.63) is 30.0 Å². The Morgan fingerprint density at radius 1 is 1.15 bits per heavy atom. The molecule has 146 valence electrons. The van der Waals surface area contributed by atoms with E-state index in [1.165, 1.54) is 6.26 Å². The number of furan rings is 1. The van der Waals surface area contributed by atoms with Gasteiger partial charge < -0.3 is 23.7 Å². The molecule has 2 aromatic rings. The molecule has 0 atom stereocenters. The molecule has 0 unspecified atom stereocenters. The number of esters is 1. The highest BCUT2D eigenvalue weighted by Crippen LogP contribution is 2.31. The number of carbonyl (C=O) groups is 2. The lowest BCUT2D eigenvalue weighted by atomic mass is 10.1. The first-order chi connectivity index (χ1) is 12.8. The molecule has 1 amide bonds. The number of benzene rings is 1. The highest BCUT2D eigenvalue weighted by atomic mass is 16.6. The van der Waals surface area contributed by atoms with Crippen LogP contribution < -0.4 is 4.90 Å². The van der Waals surface area contributed by atoms with Gasteiger partial charge in [0.2, 0.25) is 0 Å². The Morgan fingerprint density at radius 2 is 1.85 bits per heavy atom. The van der Waals surface area contributed by atoms with Gasteiger partial charge in [-0.15, -0.1) is 0 Å². The maximum atomic E-state index is 12.2. The van der Waals surface area contributed by atoms with Gasteiger partial charge in [-0.2, -0.15) is 0 Å². The zero-order chi connectivity index (χ0) is 19.6. The molecule has 27 heavy (non-hydrogen) atoms. The number of carbonyl (C=O) groups excluding carboxylic acids is 2. The van der Waals surface area contributed by atoms with E-state index >= 15 is 0 Å². The summed E-state index contributed by atoms with van der Waals surface area (Å²) < 4.78 is 16.2. The van der Waals surface area contributed by atoms with Crippen LogP contribution in [0, 0.1) is 0 Å². The van der Waals surface area contributed by atoms with Crippen LogP contribution in [0.2, 0.25) is 0 Å². The number of nitrogens with zero attached hydrogens (tertiary/aromatic N) is 2. The maximum Gasteiger partial charge on any atom is 0.410 e. The quantitative estimate of drug-likeness (QED) is 0.764. The molecule has 2 heterocycles. The van der Waals surface area contributed by atoms with E-state index < -0.39 is 5.60 Å². The summed E-state index contributed by atoms with van der Waals surface area (Å²) in [4.78, 5) is 28.2. The van der Waals surface area contributed by atoms with E-state index in [1.807, 2.05) is 39.0 Å². The number of anilines is 1. The average Bonchev–Trinajstić information content (AvgIpc) is 3.05. The van der Waals surface area contributed by atoms with Gasteiger partial charge in [0.15, 0.2) is 5.58 Å². The van der Waals surface area contributed by atoms with Crippen LogP contribution >= 0.6 is 0 Å². The third-order valence-electron chi connectivity index (χ3n) is 4.35. The molecule has 0 saturated carbocycles. The van der Waals surface area contributed by atoms with E-state index in [-0.39, 0.29) is 12.1 Å². The highest BCUT2D eigenvalue weighted by Gasteiger charge is 2.27. The summed E-state index contributed by atoms with van der Waals surface area (Å²) in [5, 5.41) is 0.737. The van der Waals surface area contributed by atoms with E-state index in [9.17, 15) is 9.59 Å². The van der Waals surface area contributed by atoms with Crippen LogP contribution in [-0.2, 0) is 9.47 Å². The largest absolute Gasteiger partial charge is 0.462 e. The third-order valence-corrected chi connectivity index (χ3v) is 4.35. The van der Waals surface area contributed by atoms with Gasteiger partial charge in [0.25, 0.3) is 0 Å². The van der Waals surface area contributed by atoms with Gasteiger partial charge in [0.05, 0.1) is 12.3 Å². The van der Waals surface area contributed by atoms with Gasteiger partial charge in [0, 0.05) is 31.6 Å². The number of amides is 1. The number of fused-ring (bicyclic) bond motifs is 1. The Balaban J connectivity index is 1.74. The van der Waals surface area contributed by atoms with E-state index in [0.29, 0.717) is 43.9 Å². The minimum Gasteiger partial charge on any atom is -0.462 e. The Labute approximate surface area is 158 Å². The van der Waals surface area contributed by atoms with Crippen LogP contribution in [0.5, 0.6) is 0 Å². The highest BCUT2D eigenvalue weighted by molar-refractivity contribution is 6.06. The van der Waals surface area contributed by atoms with E-state index in [1.54, 1.807) is 11.8 Å². The number of rotatable bonds is 3. The molecule has 3 rings (SSSR count). The van der Waals surface area contributed by atoms with Gasteiger partial charge >= 0.3 is 12.1 Å². The molecule has 0 bridgehead atoms. The molecule has 0 spiro atoms. The molecule has 1 aliphatic rings. The smallest absolute Gasteiger partial charge is 0.410 e. The first-order valence-electron chi connectivity index (χ1n) is 9.20. The van der Waals surface area contributed by atoms with E-state index in [0.717, 1.165) is 11.1 Å². The number of hydrogen-bond acceptors (Lipinski definition) is 6. The summed E-state index contributed by atoms with van der Waals surface area (Å²) in [5.74, 6) is -0.386. The summed E-state index contributed by atoms with van der Waals surface area (Å²) in [6.07, 6.45) is 1.16. The number of hydrogen-bond donors (Lipinski definition) is 0. The lowest BCUT2D eigenvalue weighted by Crippen LogP contribution is -2.50. The first kappa shape index (κ1) is 19.1. The fourth-order valence-electron chi connectivity index (χ4n) is 3.11. The van der Waals surface area contributed by atoms with Gasteiger partial charge in [0.1, 0.15) is 17.4 Å². The van der Waals surface area contributed by atoms with Crippen molar-refractivity contribution in [1.82, 2.24) is 4.90 Å². The van der Waals surface area contributed by atoms with Crippen molar-refractivity contribution in [1.29, 1.82) is 0 Å². The summed E-state index contributed by atoms with van der Waals surface area (Å²) in [6, 6.07) is 5.71. The fraction of sp³-hybridized carbons (Fsp3) is 0.500. The predicted molar refractivity (Wildman–Crippen MR) is 102 cm³/mol. The van der Waals surface area contributed by atoms with Crippen molar-refractivity contribution < 1.29 is 23.5 Å². The zero-order valence-electron chi connectivity index (χ0n) is 16.3. The Bertz CT molecular complexity index is 828. The minimum absolute atomic E-state index is 0.289. The molecule has 1 aliphatic heterocycles. The number of para-hydroxylation sites is 1. The minimum atomic E-state index is -0.503. The molecule has 7 nitrogen and oxygen atoms in total. The van der Waals surface area contributed by atoms with Crippen LogP contribution in [0.1, 0.15) is 38.1 Å². The normalized spacial score (nSPS) is 15.1. The summed E-state index contributed by atoms with van der Waals surface area (Å²) in [7, 11) is 0. The molecular weight excluding hydrogens is 348 g/mol. The van der Waals surface area contributed by atoms with Crippen LogP contribution in [-0.4, -0.2) is 55.3 Å². The lowest BCUT2D eigenvalue weighted by Gasteiger charge is -2.36. The second-order valence-electron chi connectivity index (χ2n) is 7.48. The molecule has 1 fully saturated rings. The van der Waals surface area contributed by atoms with Gasteiger partial charge in [-0.1, -0.05) is 12.1 Å². The molecule has 0 N–H and O–H groups in total. The van der Waals surface area contributed by atoms with Gasteiger partial charge in [-0.05, 0) is 33.8 Å². The van der Waals surface area contributed by atoms with Crippen LogP contribution in [0.3, 0.4) is 0 Å². The third kappa shape index (κ3) is 4.18. The lowest BCUT2D eigenvalue weighted by molar-refractivity contribution is 0.0240. The summed E-state index contributed by atoms with van der Waals surface area (Å²) in [5.41, 5.74) is 1.50. The van der Waals surface area contributed by atoms with Crippen molar-refractivity contribution in [2.24, 2.45) is 0 Å². The van der Waals surface area contributed by atoms with Crippen LogP contribution in [0.4, 0.5) is 10.5 Å². The molecule has 0 radical (unpaired) electrons. The fourth-order valence-corrected chi connectivity index (χ4v) is 3.11. The van der Waals surface area contributed by atoms with Crippen LogP contribution in [0.15, 0.2) is 28.9 Å². The summed E-state index contributed by atoms with van der Waals surface area (Å²) >= 11 is 0. The number of piperazine rings is 1. The Morgan fingerprint density at radius 3 is 2.48 bits per heavy atom. The van der Waals surface area contributed by atoms with E-state index in [4.69, 9.17) is 13.9 Å². The van der Waals surface area contributed by atoms with E-state index in [2.05, 4.69) is 4.90 Å². The van der Waals surface area contributed by atoms with Crippen molar-refractivity contribution in [2.45, 2.75) is 33.3 Å². The summed E-state index contributed by atoms with van der Waals surface area (Å²) in [6.45, 7) is 10.1. The van der Waals surface area contributed by atoms with Gasteiger partial charge in [-0.25, -0.2) is 9.59 Å². The molecule has 0 aliphatic carbocycles.